The minimum absolute atomic E-state index is 0.0338. The molecule has 1 aliphatic rings. The number of benzene rings is 1. The first kappa shape index (κ1) is 15.7. The van der Waals surface area contributed by atoms with Crippen LogP contribution in [0.25, 0.3) is 0 Å². The average molecular weight is 290 g/mol. The number of rotatable bonds is 5. The predicted octanol–water partition coefficient (Wildman–Crippen LogP) is 3.07. The summed E-state index contributed by atoms with van der Waals surface area (Å²) in [5.41, 5.74) is 1.30. The first-order valence-electron chi connectivity index (χ1n) is 7.93. The van der Waals surface area contributed by atoms with Crippen molar-refractivity contribution in [3.8, 4) is 5.75 Å². The zero-order valence-corrected chi connectivity index (χ0v) is 13.1. The van der Waals surface area contributed by atoms with E-state index >= 15 is 0 Å². The molecule has 1 atom stereocenters. The lowest BCUT2D eigenvalue weighted by atomic mass is 10.0. The summed E-state index contributed by atoms with van der Waals surface area (Å²) in [4.78, 5) is 13.9. The lowest BCUT2D eigenvalue weighted by Gasteiger charge is -2.30. The van der Waals surface area contributed by atoms with Crippen LogP contribution >= 0.6 is 0 Å². The fraction of sp³-hybridized carbons (Fsp3) is 0.588. The Balaban J connectivity index is 1.65. The van der Waals surface area contributed by atoms with Gasteiger partial charge in [-0.05, 0) is 42.9 Å². The molecule has 0 aromatic heterocycles. The van der Waals surface area contributed by atoms with Crippen molar-refractivity contribution >= 4 is 6.03 Å². The second kappa shape index (κ2) is 7.91. The van der Waals surface area contributed by atoms with Crippen molar-refractivity contribution in [3.05, 3.63) is 29.8 Å². The number of amides is 2. The molecule has 1 aliphatic heterocycles. The Bertz CT molecular complexity index is 445. The standard InChI is InChI=1S/C17H26N2O2/c1-3-15-6-8-16(9-7-15)21-12-10-18-17(20)19-11-4-5-14(2)13-19/h6-9,14H,3-5,10-13H2,1-2H3,(H,18,20). The van der Waals surface area contributed by atoms with Gasteiger partial charge in [0.25, 0.3) is 0 Å². The quantitative estimate of drug-likeness (QED) is 0.847. The summed E-state index contributed by atoms with van der Waals surface area (Å²) in [6, 6.07) is 8.14. The Morgan fingerprint density at radius 1 is 1.38 bits per heavy atom. The van der Waals surface area contributed by atoms with E-state index in [2.05, 4.69) is 31.3 Å². The highest BCUT2D eigenvalue weighted by Gasteiger charge is 2.20. The van der Waals surface area contributed by atoms with Crippen molar-refractivity contribution in [2.24, 2.45) is 5.92 Å². The maximum Gasteiger partial charge on any atom is 0.317 e. The third-order valence-electron chi connectivity index (χ3n) is 3.92. The lowest BCUT2D eigenvalue weighted by molar-refractivity contribution is 0.168. The van der Waals surface area contributed by atoms with Crippen LogP contribution < -0.4 is 10.1 Å². The molecule has 0 spiro atoms. The Hall–Kier alpha value is -1.71. The Labute approximate surface area is 127 Å². The monoisotopic (exact) mass is 290 g/mol. The largest absolute Gasteiger partial charge is 0.492 e. The van der Waals surface area contributed by atoms with E-state index < -0.39 is 0 Å². The average Bonchev–Trinajstić information content (AvgIpc) is 2.52. The molecule has 1 aromatic carbocycles. The van der Waals surface area contributed by atoms with Crippen molar-refractivity contribution in [3.63, 3.8) is 0 Å². The van der Waals surface area contributed by atoms with Gasteiger partial charge in [-0.25, -0.2) is 4.79 Å². The maximum atomic E-state index is 12.0. The molecular formula is C17H26N2O2. The van der Waals surface area contributed by atoms with Crippen molar-refractivity contribution in [2.45, 2.75) is 33.1 Å². The van der Waals surface area contributed by atoms with Gasteiger partial charge in [0, 0.05) is 13.1 Å². The number of nitrogens with zero attached hydrogens (tertiary/aromatic N) is 1. The molecule has 21 heavy (non-hydrogen) atoms. The summed E-state index contributed by atoms with van der Waals surface area (Å²) in [5.74, 6) is 1.46. The van der Waals surface area contributed by atoms with Gasteiger partial charge >= 0.3 is 6.03 Å². The van der Waals surface area contributed by atoms with Crippen LogP contribution in [0, 0.1) is 5.92 Å². The van der Waals surface area contributed by atoms with Gasteiger partial charge in [-0.1, -0.05) is 26.0 Å². The summed E-state index contributed by atoms with van der Waals surface area (Å²) in [6.07, 6.45) is 3.36. The number of nitrogens with one attached hydrogen (secondary N) is 1. The van der Waals surface area contributed by atoms with Crippen molar-refractivity contribution in [1.82, 2.24) is 10.2 Å². The van der Waals surface area contributed by atoms with Crippen LogP contribution in [-0.2, 0) is 6.42 Å². The molecule has 0 saturated carbocycles. The molecule has 1 unspecified atom stereocenters. The van der Waals surface area contributed by atoms with Crippen LogP contribution in [0.15, 0.2) is 24.3 Å². The normalized spacial score (nSPS) is 18.4. The molecule has 1 aromatic rings. The summed E-state index contributed by atoms with van der Waals surface area (Å²) in [6.45, 7) is 7.11. The van der Waals surface area contributed by atoms with Gasteiger partial charge in [0.05, 0.1) is 6.54 Å². The second-order valence-electron chi connectivity index (χ2n) is 5.77. The highest BCUT2D eigenvalue weighted by molar-refractivity contribution is 5.74. The van der Waals surface area contributed by atoms with Crippen LogP contribution in [0.5, 0.6) is 5.75 Å². The summed E-state index contributed by atoms with van der Waals surface area (Å²) >= 11 is 0. The summed E-state index contributed by atoms with van der Waals surface area (Å²) in [5, 5.41) is 2.93. The number of ether oxygens (including phenoxy) is 1. The first-order valence-corrected chi connectivity index (χ1v) is 7.93. The lowest BCUT2D eigenvalue weighted by Crippen LogP contribution is -2.45. The number of urea groups is 1. The molecule has 116 valence electrons. The summed E-state index contributed by atoms with van der Waals surface area (Å²) < 4.78 is 5.63. The zero-order valence-electron chi connectivity index (χ0n) is 13.1. The van der Waals surface area contributed by atoms with Gasteiger partial charge in [-0.2, -0.15) is 0 Å². The van der Waals surface area contributed by atoms with E-state index in [-0.39, 0.29) is 6.03 Å². The molecular weight excluding hydrogens is 264 g/mol. The van der Waals surface area contributed by atoms with Gasteiger partial charge in [0.2, 0.25) is 0 Å². The minimum Gasteiger partial charge on any atom is -0.492 e. The highest BCUT2D eigenvalue weighted by atomic mass is 16.5. The van der Waals surface area contributed by atoms with Gasteiger partial charge in [-0.15, -0.1) is 0 Å². The van der Waals surface area contributed by atoms with E-state index in [1.165, 1.54) is 12.0 Å². The fourth-order valence-electron chi connectivity index (χ4n) is 2.63. The first-order chi connectivity index (χ1) is 10.2. The smallest absolute Gasteiger partial charge is 0.317 e. The summed E-state index contributed by atoms with van der Waals surface area (Å²) in [7, 11) is 0. The van der Waals surface area contributed by atoms with E-state index in [4.69, 9.17) is 4.74 Å². The molecule has 2 amide bonds. The van der Waals surface area contributed by atoms with Gasteiger partial charge in [0.15, 0.2) is 0 Å². The van der Waals surface area contributed by atoms with Crippen molar-refractivity contribution in [2.75, 3.05) is 26.2 Å². The number of aryl methyl sites for hydroxylation is 1. The SMILES string of the molecule is CCc1ccc(OCCNC(=O)N2CCCC(C)C2)cc1. The zero-order chi connectivity index (χ0) is 15.1. The molecule has 0 radical (unpaired) electrons. The van der Waals surface area contributed by atoms with Crippen molar-refractivity contribution in [1.29, 1.82) is 0 Å². The molecule has 0 bridgehead atoms. The van der Waals surface area contributed by atoms with Crippen LogP contribution in [0.1, 0.15) is 32.3 Å². The maximum absolute atomic E-state index is 12.0. The van der Waals surface area contributed by atoms with Crippen molar-refractivity contribution < 1.29 is 9.53 Å². The third-order valence-corrected chi connectivity index (χ3v) is 3.92. The number of piperidine rings is 1. The Kier molecular flexibility index (Phi) is 5.90. The van der Waals surface area contributed by atoms with E-state index in [0.29, 0.717) is 19.1 Å². The van der Waals surface area contributed by atoms with Crippen LogP contribution in [-0.4, -0.2) is 37.2 Å². The van der Waals surface area contributed by atoms with Crippen LogP contribution in [0.2, 0.25) is 0 Å². The molecule has 1 N–H and O–H groups in total. The van der Waals surface area contributed by atoms with Crippen LogP contribution in [0.4, 0.5) is 4.79 Å². The van der Waals surface area contributed by atoms with E-state index in [9.17, 15) is 4.79 Å². The van der Waals surface area contributed by atoms with Gasteiger partial charge in [0.1, 0.15) is 12.4 Å². The van der Waals surface area contributed by atoms with Gasteiger partial charge < -0.3 is 15.0 Å². The number of hydrogen-bond acceptors (Lipinski definition) is 2. The second-order valence-corrected chi connectivity index (χ2v) is 5.77. The molecule has 1 fully saturated rings. The third kappa shape index (κ3) is 4.96. The van der Waals surface area contributed by atoms with E-state index in [1.54, 1.807) is 0 Å². The van der Waals surface area contributed by atoms with Gasteiger partial charge in [-0.3, -0.25) is 0 Å². The topological polar surface area (TPSA) is 41.6 Å². The van der Waals surface area contributed by atoms with E-state index in [1.807, 2.05) is 17.0 Å². The Morgan fingerprint density at radius 3 is 2.81 bits per heavy atom. The molecule has 1 saturated heterocycles. The molecule has 2 rings (SSSR count). The minimum atomic E-state index is 0.0338. The highest BCUT2D eigenvalue weighted by Crippen LogP contribution is 2.15. The fourth-order valence-corrected chi connectivity index (χ4v) is 2.63. The molecule has 0 aliphatic carbocycles. The number of carbonyl (C=O) groups excluding carboxylic acids is 1. The van der Waals surface area contributed by atoms with E-state index in [0.717, 1.165) is 31.7 Å². The number of carbonyl (C=O) groups is 1. The number of likely N-dealkylation sites (tertiary alicyclic amines) is 1. The molecule has 4 heteroatoms. The predicted molar refractivity (Wildman–Crippen MR) is 84.7 cm³/mol. The number of hydrogen-bond donors (Lipinski definition) is 1. The molecule has 4 nitrogen and oxygen atoms in total. The van der Waals surface area contributed by atoms with Crippen LogP contribution in [0.3, 0.4) is 0 Å². The molecule has 1 heterocycles. The Morgan fingerprint density at radius 2 is 2.14 bits per heavy atom.